The average molecular weight is 130 g/mol. The molecule has 0 aliphatic heterocycles. The maximum atomic E-state index is 10.2. The maximum absolute atomic E-state index is 10.2. The normalized spacial score (nSPS) is 11.6. The van der Waals surface area contributed by atoms with Gasteiger partial charge in [-0.05, 0) is 19.4 Å². The molecule has 0 rings (SSSR count). The molecule has 0 aromatic rings. The van der Waals surface area contributed by atoms with E-state index in [9.17, 15) is 4.79 Å². The molecule has 0 saturated heterocycles. The van der Waals surface area contributed by atoms with Crippen molar-refractivity contribution < 1.29 is 4.79 Å². The Morgan fingerprint density at radius 3 is 2.38 bits per heavy atom. The van der Waals surface area contributed by atoms with Gasteiger partial charge in [0.05, 0.1) is 0 Å². The van der Waals surface area contributed by atoms with Gasteiger partial charge in [-0.15, -0.1) is 12.6 Å². The summed E-state index contributed by atoms with van der Waals surface area (Å²) in [5.41, 5.74) is 1.07. The lowest BCUT2D eigenvalue weighted by Crippen LogP contribution is -1.79. The van der Waals surface area contributed by atoms with Crippen molar-refractivity contribution in [3.8, 4) is 0 Å². The summed E-state index contributed by atoms with van der Waals surface area (Å²) in [5.74, 6) is 0. The SMILES string of the molecule is CC/C(C)=C\C(=O)S. The average Bonchev–Trinajstić information content (AvgIpc) is 1.65. The molecule has 8 heavy (non-hydrogen) atoms. The third-order valence-corrected chi connectivity index (χ3v) is 1.06. The number of carbonyl (C=O) groups excluding carboxylic acids is 1. The summed E-state index contributed by atoms with van der Waals surface area (Å²) < 4.78 is 0. The number of allylic oxidation sites excluding steroid dienone is 1. The summed E-state index contributed by atoms with van der Waals surface area (Å²) in [6.45, 7) is 3.91. The molecule has 0 saturated carbocycles. The second-order valence-corrected chi connectivity index (χ2v) is 2.12. The van der Waals surface area contributed by atoms with Crippen LogP contribution in [0.3, 0.4) is 0 Å². The van der Waals surface area contributed by atoms with E-state index < -0.39 is 0 Å². The van der Waals surface area contributed by atoms with E-state index in [1.54, 1.807) is 0 Å². The summed E-state index contributed by atoms with van der Waals surface area (Å²) in [6.07, 6.45) is 2.45. The van der Waals surface area contributed by atoms with Crippen LogP contribution < -0.4 is 0 Å². The molecular weight excluding hydrogens is 120 g/mol. The largest absolute Gasteiger partial charge is 0.283 e. The minimum absolute atomic E-state index is 0.163. The van der Waals surface area contributed by atoms with E-state index in [0.29, 0.717) is 0 Å². The predicted molar refractivity (Wildman–Crippen MR) is 38.0 cm³/mol. The summed E-state index contributed by atoms with van der Waals surface area (Å²) in [6, 6.07) is 0. The van der Waals surface area contributed by atoms with Crippen LogP contribution in [-0.2, 0) is 4.79 Å². The fourth-order valence-corrected chi connectivity index (χ4v) is 0.533. The highest BCUT2D eigenvalue weighted by Crippen LogP contribution is 1.98. The van der Waals surface area contributed by atoms with Gasteiger partial charge in [-0.25, -0.2) is 0 Å². The fourth-order valence-electron chi connectivity index (χ4n) is 0.313. The Labute approximate surface area is 55.2 Å². The minimum atomic E-state index is -0.163. The molecule has 0 radical (unpaired) electrons. The Morgan fingerprint density at radius 2 is 2.25 bits per heavy atom. The molecule has 0 aliphatic carbocycles. The molecule has 0 spiro atoms. The van der Waals surface area contributed by atoms with E-state index in [2.05, 4.69) is 12.6 Å². The van der Waals surface area contributed by atoms with Gasteiger partial charge in [-0.3, -0.25) is 4.79 Å². The Bertz CT molecular complexity index is 116. The van der Waals surface area contributed by atoms with Crippen LogP contribution in [0.4, 0.5) is 0 Å². The predicted octanol–water partition coefficient (Wildman–Crippen LogP) is 1.80. The third-order valence-electron chi connectivity index (χ3n) is 0.928. The van der Waals surface area contributed by atoms with Crippen molar-refractivity contribution in [3.05, 3.63) is 11.6 Å². The van der Waals surface area contributed by atoms with Crippen LogP contribution in [0.1, 0.15) is 20.3 Å². The molecule has 0 aromatic carbocycles. The summed E-state index contributed by atoms with van der Waals surface area (Å²) in [7, 11) is 0. The summed E-state index contributed by atoms with van der Waals surface area (Å²) in [4.78, 5) is 10.2. The summed E-state index contributed by atoms with van der Waals surface area (Å²) >= 11 is 3.58. The number of carbonyl (C=O) groups is 1. The molecule has 0 atom stereocenters. The Morgan fingerprint density at radius 1 is 1.75 bits per heavy atom. The lowest BCUT2D eigenvalue weighted by Gasteiger charge is -1.87. The highest BCUT2D eigenvalue weighted by molar-refractivity contribution is 7.97. The first-order valence-electron chi connectivity index (χ1n) is 2.57. The Hall–Kier alpha value is -0.240. The van der Waals surface area contributed by atoms with Crippen LogP contribution in [0.2, 0.25) is 0 Å². The van der Waals surface area contributed by atoms with Crippen molar-refractivity contribution >= 4 is 17.7 Å². The molecule has 0 aliphatic rings. The molecule has 0 unspecified atom stereocenters. The second-order valence-electron chi connectivity index (χ2n) is 1.68. The molecule has 2 heteroatoms. The quantitative estimate of drug-likeness (QED) is 0.445. The van der Waals surface area contributed by atoms with Crippen LogP contribution >= 0.6 is 12.6 Å². The van der Waals surface area contributed by atoms with Gasteiger partial charge in [0, 0.05) is 0 Å². The van der Waals surface area contributed by atoms with Crippen molar-refractivity contribution in [1.29, 1.82) is 0 Å². The zero-order chi connectivity index (χ0) is 6.57. The first-order valence-corrected chi connectivity index (χ1v) is 3.01. The molecule has 0 fully saturated rings. The molecule has 0 aromatic heterocycles. The zero-order valence-electron chi connectivity index (χ0n) is 5.14. The van der Waals surface area contributed by atoms with Gasteiger partial charge in [0.1, 0.15) is 0 Å². The fraction of sp³-hybridized carbons (Fsp3) is 0.500. The monoisotopic (exact) mass is 130 g/mol. The van der Waals surface area contributed by atoms with Crippen LogP contribution in [0.15, 0.2) is 11.6 Å². The molecule has 0 heterocycles. The zero-order valence-corrected chi connectivity index (χ0v) is 6.03. The topological polar surface area (TPSA) is 17.1 Å². The van der Waals surface area contributed by atoms with Gasteiger partial charge >= 0.3 is 0 Å². The van der Waals surface area contributed by atoms with E-state index in [0.717, 1.165) is 12.0 Å². The van der Waals surface area contributed by atoms with Gasteiger partial charge in [0.25, 0.3) is 0 Å². The first-order chi connectivity index (χ1) is 3.66. The van der Waals surface area contributed by atoms with E-state index in [-0.39, 0.29) is 5.12 Å². The highest BCUT2D eigenvalue weighted by atomic mass is 32.1. The van der Waals surface area contributed by atoms with E-state index in [4.69, 9.17) is 0 Å². The molecule has 46 valence electrons. The van der Waals surface area contributed by atoms with Crippen LogP contribution in [0.25, 0.3) is 0 Å². The molecule has 0 N–H and O–H groups in total. The Kier molecular flexibility index (Phi) is 3.61. The number of thiol groups is 1. The number of hydrogen-bond donors (Lipinski definition) is 1. The number of hydrogen-bond acceptors (Lipinski definition) is 1. The van der Waals surface area contributed by atoms with E-state index >= 15 is 0 Å². The second kappa shape index (κ2) is 3.72. The maximum Gasteiger partial charge on any atom is 0.209 e. The van der Waals surface area contributed by atoms with E-state index in [1.165, 1.54) is 6.08 Å². The van der Waals surface area contributed by atoms with Crippen LogP contribution in [0, 0.1) is 0 Å². The molecule has 1 nitrogen and oxygen atoms in total. The lowest BCUT2D eigenvalue weighted by atomic mass is 10.2. The Balaban J connectivity index is 3.75. The highest BCUT2D eigenvalue weighted by Gasteiger charge is 1.86. The van der Waals surface area contributed by atoms with Crippen molar-refractivity contribution in [3.63, 3.8) is 0 Å². The van der Waals surface area contributed by atoms with Gasteiger partial charge in [-0.2, -0.15) is 0 Å². The first kappa shape index (κ1) is 7.76. The van der Waals surface area contributed by atoms with E-state index in [1.807, 2.05) is 13.8 Å². The van der Waals surface area contributed by atoms with Crippen molar-refractivity contribution in [2.24, 2.45) is 0 Å². The number of rotatable bonds is 2. The standard InChI is InChI=1S/C6H10OS/c1-3-5(2)4-6(7)8/h4H,3H2,1-2H3,(H,7,8)/b5-4-. The van der Waals surface area contributed by atoms with Crippen molar-refractivity contribution in [2.75, 3.05) is 0 Å². The van der Waals surface area contributed by atoms with Crippen LogP contribution in [-0.4, -0.2) is 5.12 Å². The lowest BCUT2D eigenvalue weighted by molar-refractivity contribution is -0.106. The smallest absolute Gasteiger partial charge is 0.209 e. The van der Waals surface area contributed by atoms with Gasteiger partial charge in [0.2, 0.25) is 5.12 Å². The third kappa shape index (κ3) is 3.93. The van der Waals surface area contributed by atoms with Gasteiger partial charge in [0.15, 0.2) is 0 Å². The van der Waals surface area contributed by atoms with Crippen molar-refractivity contribution in [2.45, 2.75) is 20.3 Å². The van der Waals surface area contributed by atoms with Gasteiger partial charge < -0.3 is 0 Å². The molecular formula is C6H10OS. The molecule has 0 bridgehead atoms. The van der Waals surface area contributed by atoms with Crippen LogP contribution in [0.5, 0.6) is 0 Å². The summed E-state index contributed by atoms with van der Waals surface area (Å²) in [5, 5.41) is -0.163. The minimum Gasteiger partial charge on any atom is -0.283 e. The molecule has 0 amide bonds. The van der Waals surface area contributed by atoms with Gasteiger partial charge in [-0.1, -0.05) is 12.5 Å². The van der Waals surface area contributed by atoms with Crippen molar-refractivity contribution in [1.82, 2.24) is 0 Å².